The van der Waals surface area contributed by atoms with Crippen molar-refractivity contribution in [2.75, 3.05) is 0 Å². The van der Waals surface area contributed by atoms with Gasteiger partial charge in [-0.25, -0.2) is 13.2 Å². The van der Waals surface area contributed by atoms with E-state index < -0.39 is 11.6 Å². The van der Waals surface area contributed by atoms with Gasteiger partial charge in [-0.1, -0.05) is 112 Å². The van der Waals surface area contributed by atoms with Gasteiger partial charge < -0.3 is 0 Å². The predicted molar refractivity (Wildman–Crippen MR) is 145 cm³/mol. The van der Waals surface area contributed by atoms with E-state index in [0.29, 0.717) is 11.1 Å². The second-order valence-corrected chi connectivity index (χ2v) is 9.15. The molecule has 0 aliphatic rings. The third-order valence-corrected chi connectivity index (χ3v) is 6.45. The van der Waals surface area contributed by atoms with Crippen LogP contribution in [-0.2, 0) is 12.8 Å². The molecular formula is C33H31F3. The van der Waals surface area contributed by atoms with E-state index in [1.807, 2.05) is 60.7 Å². The number of hydrogen-bond donors (Lipinski definition) is 0. The molecule has 0 bridgehead atoms. The van der Waals surface area contributed by atoms with Crippen LogP contribution in [-0.4, -0.2) is 0 Å². The van der Waals surface area contributed by atoms with Gasteiger partial charge in [0.05, 0.1) is 0 Å². The van der Waals surface area contributed by atoms with Crippen LogP contribution in [0.25, 0.3) is 34.4 Å². The fraction of sp³-hybridized carbons (Fsp3) is 0.212. The Bertz CT molecular complexity index is 1330. The Hall–Kier alpha value is -3.59. The number of aryl methyl sites for hydroxylation is 2. The first-order valence-corrected chi connectivity index (χ1v) is 12.6. The molecule has 4 rings (SSSR count). The predicted octanol–water partition coefficient (Wildman–Crippen LogP) is 9.90. The van der Waals surface area contributed by atoms with Crippen LogP contribution in [0.1, 0.15) is 55.4 Å². The molecule has 184 valence electrons. The standard InChI is InChI=1S/C33H31F3/c1-3-5-7-28-19-14-25(22-31(28)34)9-8-24-12-17-27(18-13-24)30-21-20-29(32(35)33(30)36)26-15-10-23(6-4-2)11-16-26/h8-22H,3-7H2,1-2H3. The zero-order valence-electron chi connectivity index (χ0n) is 20.8. The molecule has 4 aromatic carbocycles. The molecule has 0 atom stereocenters. The van der Waals surface area contributed by atoms with Gasteiger partial charge in [0.25, 0.3) is 0 Å². The van der Waals surface area contributed by atoms with E-state index in [0.717, 1.165) is 48.8 Å². The lowest BCUT2D eigenvalue weighted by atomic mass is 9.97. The maximum absolute atomic E-state index is 15.0. The molecule has 0 spiro atoms. The van der Waals surface area contributed by atoms with Crippen molar-refractivity contribution in [1.82, 2.24) is 0 Å². The van der Waals surface area contributed by atoms with Crippen LogP contribution in [0, 0.1) is 17.5 Å². The van der Waals surface area contributed by atoms with Crippen molar-refractivity contribution in [3.63, 3.8) is 0 Å². The normalized spacial score (nSPS) is 11.4. The Kier molecular flexibility index (Phi) is 8.43. The highest BCUT2D eigenvalue weighted by molar-refractivity contribution is 5.74. The van der Waals surface area contributed by atoms with Crippen molar-refractivity contribution in [2.24, 2.45) is 0 Å². The average Bonchev–Trinajstić information content (AvgIpc) is 2.90. The SMILES string of the molecule is CCCCc1ccc(C=Cc2ccc(-c3ccc(-c4ccc(CCC)cc4)c(F)c3F)cc2)cc1F. The first-order valence-electron chi connectivity index (χ1n) is 12.6. The summed E-state index contributed by atoms with van der Waals surface area (Å²) >= 11 is 0. The van der Waals surface area contributed by atoms with Gasteiger partial charge in [0.1, 0.15) is 5.82 Å². The molecule has 0 amide bonds. The zero-order valence-corrected chi connectivity index (χ0v) is 20.8. The maximum Gasteiger partial charge on any atom is 0.167 e. The van der Waals surface area contributed by atoms with Gasteiger partial charge in [0.2, 0.25) is 0 Å². The van der Waals surface area contributed by atoms with Crippen LogP contribution < -0.4 is 0 Å². The van der Waals surface area contributed by atoms with Crippen molar-refractivity contribution < 1.29 is 13.2 Å². The molecular weight excluding hydrogens is 453 g/mol. The molecule has 0 aromatic heterocycles. The molecule has 0 saturated carbocycles. The number of unbranched alkanes of at least 4 members (excludes halogenated alkanes) is 1. The number of benzene rings is 4. The van der Waals surface area contributed by atoms with E-state index in [2.05, 4.69) is 13.8 Å². The molecule has 0 nitrogen and oxygen atoms in total. The van der Waals surface area contributed by atoms with Crippen LogP contribution in [0.4, 0.5) is 13.2 Å². The van der Waals surface area contributed by atoms with Crippen LogP contribution in [0.2, 0.25) is 0 Å². The van der Waals surface area contributed by atoms with Crippen LogP contribution in [0.15, 0.2) is 78.9 Å². The van der Waals surface area contributed by atoms with E-state index in [4.69, 9.17) is 0 Å². The third kappa shape index (κ3) is 5.96. The molecule has 4 aromatic rings. The Labute approximate surface area is 212 Å². The second kappa shape index (κ2) is 11.9. The molecule has 0 radical (unpaired) electrons. The second-order valence-electron chi connectivity index (χ2n) is 9.15. The molecule has 0 fully saturated rings. The molecule has 0 heterocycles. The van der Waals surface area contributed by atoms with E-state index in [1.165, 1.54) is 5.56 Å². The maximum atomic E-state index is 15.0. The van der Waals surface area contributed by atoms with Crippen LogP contribution in [0.5, 0.6) is 0 Å². The van der Waals surface area contributed by atoms with Gasteiger partial charge in [0.15, 0.2) is 11.6 Å². The smallest absolute Gasteiger partial charge is 0.167 e. The van der Waals surface area contributed by atoms with Gasteiger partial charge in [-0.15, -0.1) is 0 Å². The Morgan fingerprint density at radius 2 is 1.14 bits per heavy atom. The fourth-order valence-corrected chi connectivity index (χ4v) is 4.34. The summed E-state index contributed by atoms with van der Waals surface area (Å²) in [7, 11) is 0. The summed E-state index contributed by atoms with van der Waals surface area (Å²) in [4.78, 5) is 0. The lowest BCUT2D eigenvalue weighted by Crippen LogP contribution is -1.94. The lowest BCUT2D eigenvalue weighted by molar-refractivity contribution is 0.514. The minimum absolute atomic E-state index is 0.182. The van der Waals surface area contributed by atoms with Gasteiger partial charge in [-0.3, -0.25) is 0 Å². The molecule has 3 heteroatoms. The molecule has 0 aliphatic carbocycles. The van der Waals surface area contributed by atoms with E-state index in [-0.39, 0.29) is 16.9 Å². The van der Waals surface area contributed by atoms with Crippen molar-refractivity contribution in [1.29, 1.82) is 0 Å². The van der Waals surface area contributed by atoms with Gasteiger partial charge in [0, 0.05) is 11.1 Å². The van der Waals surface area contributed by atoms with E-state index in [1.54, 1.807) is 30.3 Å². The first kappa shape index (κ1) is 25.5. The quantitative estimate of drug-likeness (QED) is 0.207. The van der Waals surface area contributed by atoms with Crippen molar-refractivity contribution in [3.8, 4) is 22.3 Å². The summed E-state index contributed by atoms with van der Waals surface area (Å²) in [6, 6.07) is 23.4. The number of rotatable bonds is 9. The average molecular weight is 485 g/mol. The molecule has 36 heavy (non-hydrogen) atoms. The van der Waals surface area contributed by atoms with Gasteiger partial charge in [-0.05, 0) is 58.7 Å². The summed E-state index contributed by atoms with van der Waals surface area (Å²) in [5.41, 5.74) is 5.33. The van der Waals surface area contributed by atoms with Crippen molar-refractivity contribution in [2.45, 2.75) is 46.0 Å². The minimum Gasteiger partial charge on any atom is -0.207 e. The third-order valence-electron chi connectivity index (χ3n) is 6.45. The topological polar surface area (TPSA) is 0 Å². The highest BCUT2D eigenvalue weighted by Gasteiger charge is 2.16. The molecule has 0 aliphatic heterocycles. The zero-order chi connectivity index (χ0) is 25.5. The van der Waals surface area contributed by atoms with E-state index in [9.17, 15) is 8.78 Å². The summed E-state index contributed by atoms with van der Waals surface area (Å²) in [5, 5.41) is 0. The largest absolute Gasteiger partial charge is 0.207 e. The van der Waals surface area contributed by atoms with Crippen LogP contribution in [0.3, 0.4) is 0 Å². The Balaban J connectivity index is 1.50. The van der Waals surface area contributed by atoms with E-state index >= 15 is 4.39 Å². The van der Waals surface area contributed by atoms with Crippen molar-refractivity contribution in [3.05, 3.63) is 119 Å². The van der Waals surface area contributed by atoms with Crippen molar-refractivity contribution >= 4 is 12.2 Å². The molecule has 0 N–H and O–H groups in total. The summed E-state index contributed by atoms with van der Waals surface area (Å²) in [5.74, 6) is -1.88. The highest BCUT2D eigenvalue weighted by atomic mass is 19.2. The first-order chi connectivity index (χ1) is 17.5. The number of hydrogen-bond acceptors (Lipinski definition) is 0. The summed E-state index contributed by atoms with van der Waals surface area (Å²) < 4.78 is 44.3. The van der Waals surface area contributed by atoms with Gasteiger partial charge >= 0.3 is 0 Å². The highest BCUT2D eigenvalue weighted by Crippen LogP contribution is 2.32. The van der Waals surface area contributed by atoms with Crippen LogP contribution >= 0.6 is 0 Å². The lowest BCUT2D eigenvalue weighted by Gasteiger charge is -2.10. The Morgan fingerprint density at radius 1 is 0.583 bits per heavy atom. The monoisotopic (exact) mass is 484 g/mol. The Morgan fingerprint density at radius 3 is 1.69 bits per heavy atom. The minimum atomic E-state index is -0.855. The van der Waals surface area contributed by atoms with Gasteiger partial charge in [-0.2, -0.15) is 0 Å². The molecule has 0 unspecified atom stereocenters. The molecule has 0 saturated heterocycles. The summed E-state index contributed by atoms with van der Waals surface area (Å²) in [6.45, 7) is 4.20. The summed E-state index contributed by atoms with van der Waals surface area (Å²) in [6.07, 6.45) is 8.48. The fourth-order valence-electron chi connectivity index (χ4n) is 4.34. The number of halogens is 3.